The van der Waals surface area contributed by atoms with Crippen LogP contribution in [0.15, 0.2) is 36.5 Å². The number of fused-ring (bicyclic) bond motifs is 1. The van der Waals surface area contributed by atoms with Crippen LogP contribution in [-0.4, -0.2) is 10.2 Å². The average Bonchev–Trinajstić information content (AvgIpc) is 2.89. The number of hydrogen-bond acceptors (Lipinski definition) is 1. The van der Waals surface area contributed by atoms with Crippen molar-refractivity contribution in [1.29, 1.82) is 0 Å². The molecule has 0 saturated carbocycles. The third-order valence-corrected chi connectivity index (χ3v) is 2.77. The third-order valence-electron chi connectivity index (χ3n) is 2.77. The second kappa shape index (κ2) is 4.79. The maximum absolute atomic E-state index is 3.80. The van der Waals surface area contributed by atoms with Crippen molar-refractivity contribution in [3.63, 3.8) is 0 Å². The summed E-state index contributed by atoms with van der Waals surface area (Å²) in [4.78, 5) is 0. The van der Waals surface area contributed by atoms with E-state index in [9.17, 15) is 0 Å². The van der Waals surface area contributed by atoms with Crippen molar-refractivity contribution in [2.75, 3.05) is 0 Å². The third kappa shape index (κ3) is 2.40. The number of H-pyrrole nitrogens is 1. The van der Waals surface area contributed by atoms with Gasteiger partial charge in [0.1, 0.15) is 0 Å². The van der Waals surface area contributed by atoms with Crippen LogP contribution in [-0.2, 0) is 6.42 Å². The lowest BCUT2D eigenvalue weighted by Crippen LogP contribution is -1.76. The van der Waals surface area contributed by atoms with Crippen LogP contribution in [0, 0.1) is 13.8 Å². The van der Waals surface area contributed by atoms with Gasteiger partial charge in [-0.05, 0) is 37.0 Å². The van der Waals surface area contributed by atoms with Crippen LogP contribution in [0.25, 0.3) is 6.08 Å². The van der Waals surface area contributed by atoms with Gasteiger partial charge in [0.25, 0.3) is 0 Å². The molecule has 0 spiro atoms. The maximum atomic E-state index is 3.80. The van der Waals surface area contributed by atoms with Crippen molar-refractivity contribution in [3.8, 4) is 0 Å². The molecule has 0 atom stereocenters. The first-order valence-electron chi connectivity index (χ1n) is 5.48. The number of hydrogen-bond donors (Lipinski definition) is 1. The Balaban J connectivity index is 0.000000125. The summed E-state index contributed by atoms with van der Waals surface area (Å²) in [6.45, 7) is 4.03. The molecule has 2 nitrogen and oxygen atoms in total. The summed E-state index contributed by atoms with van der Waals surface area (Å²) in [6.07, 6.45) is 7.31. The SMILES string of the molecule is C1=Cc2ccccc2C1.Cc1cn[nH]c1C. The van der Waals surface area contributed by atoms with E-state index in [2.05, 4.69) is 46.6 Å². The molecule has 0 unspecified atom stereocenters. The second-order valence-electron chi connectivity index (χ2n) is 3.98. The molecule has 1 aromatic carbocycles. The molecule has 2 aromatic rings. The lowest BCUT2D eigenvalue weighted by Gasteiger charge is -1.93. The molecule has 1 heterocycles. The molecule has 16 heavy (non-hydrogen) atoms. The van der Waals surface area contributed by atoms with E-state index in [0.29, 0.717) is 0 Å². The largest absolute Gasteiger partial charge is 0.283 e. The highest BCUT2D eigenvalue weighted by atomic mass is 15.1. The van der Waals surface area contributed by atoms with Gasteiger partial charge in [0.2, 0.25) is 0 Å². The first-order chi connectivity index (χ1) is 7.77. The quantitative estimate of drug-likeness (QED) is 0.713. The summed E-state index contributed by atoms with van der Waals surface area (Å²) in [5, 5.41) is 6.61. The summed E-state index contributed by atoms with van der Waals surface area (Å²) in [5.41, 5.74) is 5.22. The minimum absolute atomic E-state index is 1.12. The summed E-state index contributed by atoms with van der Waals surface area (Å²) in [6, 6.07) is 8.49. The van der Waals surface area contributed by atoms with Crippen molar-refractivity contribution in [3.05, 3.63) is 58.9 Å². The Morgan fingerprint density at radius 3 is 2.56 bits per heavy atom. The number of allylic oxidation sites excluding steroid dienone is 1. The van der Waals surface area contributed by atoms with Gasteiger partial charge in [0.05, 0.1) is 6.20 Å². The van der Waals surface area contributed by atoms with Crippen molar-refractivity contribution in [2.24, 2.45) is 0 Å². The number of nitrogens with zero attached hydrogens (tertiary/aromatic N) is 1. The van der Waals surface area contributed by atoms with Gasteiger partial charge >= 0.3 is 0 Å². The van der Waals surface area contributed by atoms with E-state index in [0.717, 1.165) is 12.1 Å². The van der Waals surface area contributed by atoms with Gasteiger partial charge in [-0.2, -0.15) is 5.10 Å². The highest BCUT2D eigenvalue weighted by Gasteiger charge is 2.00. The van der Waals surface area contributed by atoms with Crippen molar-refractivity contribution in [2.45, 2.75) is 20.3 Å². The summed E-state index contributed by atoms with van der Waals surface area (Å²) < 4.78 is 0. The monoisotopic (exact) mass is 212 g/mol. The highest BCUT2D eigenvalue weighted by molar-refractivity contribution is 5.59. The number of rotatable bonds is 0. The smallest absolute Gasteiger partial charge is 0.0519 e. The fourth-order valence-electron chi connectivity index (χ4n) is 1.61. The predicted octanol–water partition coefficient (Wildman–Crippen LogP) is 3.28. The van der Waals surface area contributed by atoms with Crippen LogP contribution in [0.5, 0.6) is 0 Å². The molecule has 0 amide bonds. The first-order valence-corrected chi connectivity index (χ1v) is 5.48. The number of aryl methyl sites for hydroxylation is 2. The molecule has 1 N–H and O–H groups in total. The van der Waals surface area contributed by atoms with Gasteiger partial charge in [-0.3, -0.25) is 5.10 Å². The molecule has 0 radical (unpaired) electrons. The van der Waals surface area contributed by atoms with Gasteiger partial charge in [0.15, 0.2) is 0 Å². The summed E-state index contributed by atoms with van der Waals surface area (Å²) in [7, 11) is 0. The number of nitrogens with one attached hydrogen (secondary N) is 1. The zero-order chi connectivity index (χ0) is 11.4. The van der Waals surface area contributed by atoms with Crippen LogP contribution in [0.1, 0.15) is 22.4 Å². The Labute approximate surface area is 96.0 Å². The Hall–Kier alpha value is -1.83. The summed E-state index contributed by atoms with van der Waals surface area (Å²) >= 11 is 0. The molecule has 3 rings (SSSR count). The highest BCUT2D eigenvalue weighted by Crippen LogP contribution is 2.17. The molecular weight excluding hydrogens is 196 g/mol. The van der Waals surface area contributed by atoms with Gasteiger partial charge < -0.3 is 0 Å². The Morgan fingerprint density at radius 1 is 1.19 bits per heavy atom. The fourth-order valence-corrected chi connectivity index (χ4v) is 1.61. The second-order valence-corrected chi connectivity index (χ2v) is 3.98. The van der Waals surface area contributed by atoms with Crippen molar-refractivity contribution < 1.29 is 0 Å². The van der Waals surface area contributed by atoms with Crippen LogP contribution < -0.4 is 0 Å². The van der Waals surface area contributed by atoms with E-state index in [1.807, 2.05) is 20.0 Å². The molecule has 0 saturated heterocycles. The normalized spacial score (nSPS) is 11.9. The fraction of sp³-hybridized carbons (Fsp3) is 0.214. The lowest BCUT2D eigenvalue weighted by atomic mass is 10.1. The van der Waals surface area contributed by atoms with Gasteiger partial charge in [0, 0.05) is 5.69 Å². The Morgan fingerprint density at radius 2 is 2.00 bits per heavy atom. The first kappa shape index (κ1) is 10.7. The van der Waals surface area contributed by atoms with Crippen LogP contribution >= 0.6 is 0 Å². The average molecular weight is 212 g/mol. The molecule has 0 aliphatic heterocycles. The van der Waals surface area contributed by atoms with E-state index in [1.54, 1.807) is 0 Å². The number of aromatic nitrogens is 2. The minimum Gasteiger partial charge on any atom is -0.283 e. The predicted molar refractivity (Wildman–Crippen MR) is 67.2 cm³/mol. The Bertz CT molecular complexity index is 478. The molecule has 82 valence electrons. The minimum atomic E-state index is 1.12. The topological polar surface area (TPSA) is 28.7 Å². The van der Waals surface area contributed by atoms with Gasteiger partial charge in [-0.25, -0.2) is 0 Å². The maximum Gasteiger partial charge on any atom is 0.0519 e. The molecule has 0 fully saturated rings. The van der Waals surface area contributed by atoms with E-state index >= 15 is 0 Å². The van der Waals surface area contributed by atoms with Gasteiger partial charge in [-0.1, -0.05) is 36.4 Å². The lowest BCUT2D eigenvalue weighted by molar-refractivity contribution is 1.04. The molecule has 1 aliphatic carbocycles. The van der Waals surface area contributed by atoms with Crippen LogP contribution in [0.2, 0.25) is 0 Å². The zero-order valence-electron chi connectivity index (χ0n) is 9.70. The number of aromatic amines is 1. The van der Waals surface area contributed by atoms with Crippen molar-refractivity contribution in [1.82, 2.24) is 10.2 Å². The van der Waals surface area contributed by atoms with Gasteiger partial charge in [-0.15, -0.1) is 0 Å². The van der Waals surface area contributed by atoms with Crippen LogP contribution in [0.4, 0.5) is 0 Å². The summed E-state index contributed by atoms with van der Waals surface area (Å²) in [5.74, 6) is 0. The van der Waals surface area contributed by atoms with E-state index < -0.39 is 0 Å². The van der Waals surface area contributed by atoms with Crippen LogP contribution in [0.3, 0.4) is 0 Å². The van der Waals surface area contributed by atoms with E-state index in [1.165, 1.54) is 16.7 Å². The molecule has 1 aromatic heterocycles. The molecule has 2 heteroatoms. The van der Waals surface area contributed by atoms with Crippen molar-refractivity contribution >= 4 is 6.08 Å². The zero-order valence-corrected chi connectivity index (χ0v) is 9.70. The number of benzene rings is 1. The molecule has 0 bridgehead atoms. The van der Waals surface area contributed by atoms with E-state index in [4.69, 9.17) is 0 Å². The standard InChI is InChI=1S/C9H8.C5H8N2/c1-2-5-9-7-3-6-8(9)4-1;1-4-3-6-7-5(4)2/h1-6H,7H2;3H,1-2H3,(H,6,7). The Kier molecular flexibility index (Phi) is 3.20. The molecular formula is C14H16N2. The van der Waals surface area contributed by atoms with E-state index in [-0.39, 0.29) is 0 Å². The molecule has 1 aliphatic rings.